The van der Waals surface area contributed by atoms with Crippen LogP contribution >= 0.6 is 0 Å². The number of amides is 1. The topological polar surface area (TPSA) is 46.3 Å². The van der Waals surface area contributed by atoms with Crippen LogP contribution in [0.3, 0.4) is 0 Å². The molecule has 2 unspecified atom stereocenters. The maximum atomic E-state index is 11.7. The third kappa shape index (κ3) is 3.21. The Labute approximate surface area is 122 Å². The predicted molar refractivity (Wildman–Crippen MR) is 83.9 cm³/mol. The molecule has 3 heteroatoms. The van der Waals surface area contributed by atoms with Crippen LogP contribution in [0.15, 0.2) is 18.2 Å². The number of anilines is 1. The van der Waals surface area contributed by atoms with E-state index in [4.69, 9.17) is 5.73 Å². The smallest absolute Gasteiger partial charge is 0.224 e. The molecule has 1 amide bonds. The number of hydrogen-bond donors (Lipinski definition) is 1. The summed E-state index contributed by atoms with van der Waals surface area (Å²) in [7, 11) is 0. The van der Waals surface area contributed by atoms with E-state index in [1.165, 1.54) is 11.1 Å². The lowest BCUT2D eigenvalue weighted by molar-refractivity contribution is -0.116. The van der Waals surface area contributed by atoms with Gasteiger partial charge in [0.25, 0.3) is 0 Å². The molecule has 0 spiro atoms. The average Bonchev–Trinajstić information content (AvgIpc) is 2.62. The quantitative estimate of drug-likeness (QED) is 0.917. The standard InChI is InChI=1S/C17H26N2O/c1-11(2)7-16(18)10-14-5-6-17-15(9-14)8-12(3)19(17)13(4)20/h5-6,9,11-12,16H,7-8,10,18H2,1-4H3. The Morgan fingerprint density at radius 3 is 2.75 bits per heavy atom. The van der Waals surface area contributed by atoms with E-state index < -0.39 is 0 Å². The molecule has 2 rings (SSSR count). The SMILES string of the molecule is CC(=O)N1c2ccc(CC(N)CC(C)C)cc2CC1C. The number of nitrogens with zero attached hydrogens (tertiary/aromatic N) is 1. The lowest BCUT2D eigenvalue weighted by atomic mass is 9.96. The van der Waals surface area contributed by atoms with E-state index in [1.54, 1.807) is 6.92 Å². The summed E-state index contributed by atoms with van der Waals surface area (Å²) in [6, 6.07) is 6.91. The molecule has 1 aromatic carbocycles. The summed E-state index contributed by atoms with van der Waals surface area (Å²) in [4.78, 5) is 13.6. The van der Waals surface area contributed by atoms with Gasteiger partial charge in [0.15, 0.2) is 0 Å². The summed E-state index contributed by atoms with van der Waals surface area (Å²) >= 11 is 0. The van der Waals surface area contributed by atoms with Crippen LogP contribution in [-0.4, -0.2) is 18.0 Å². The van der Waals surface area contributed by atoms with E-state index in [9.17, 15) is 4.79 Å². The molecule has 0 saturated heterocycles. The number of rotatable bonds is 4. The molecule has 3 nitrogen and oxygen atoms in total. The first-order valence-electron chi connectivity index (χ1n) is 7.55. The van der Waals surface area contributed by atoms with Gasteiger partial charge in [0, 0.05) is 24.7 Å². The molecule has 2 atom stereocenters. The third-order valence-corrected chi connectivity index (χ3v) is 3.97. The molecule has 20 heavy (non-hydrogen) atoms. The van der Waals surface area contributed by atoms with Crippen LogP contribution in [0.2, 0.25) is 0 Å². The number of carbonyl (C=O) groups is 1. The highest BCUT2D eigenvalue weighted by Gasteiger charge is 2.28. The molecule has 0 aromatic heterocycles. The van der Waals surface area contributed by atoms with Crippen LogP contribution in [0.4, 0.5) is 5.69 Å². The van der Waals surface area contributed by atoms with Gasteiger partial charge in [-0.15, -0.1) is 0 Å². The van der Waals surface area contributed by atoms with Crippen molar-refractivity contribution in [3.8, 4) is 0 Å². The first kappa shape index (κ1) is 15.0. The van der Waals surface area contributed by atoms with Gasteiger partial charge in [-0.3, -0.25) is 4.79 Å². The normalized spacial score (nSPS) is 19.3. The van der Waals surface area contributed by atoms with E-state index in [1.807, 2.05) is 4.90 Å². The van der Waals surface area contributed by atoms with Crippen LogP contribution in [0.1, 0.15) is 45.2 Å². The summed E-state index contributed by atoms with van der Waals surface area (Å²) in [5, 5.41) is 0. The second kappa shape index (κ2) is 5.96. The van der Waals surface area contributed by atoms with Crippen molar-refractivity contribution in [3.63, 3.8) is 0 Å². The van der Waals surface area contributed by atoms with Gasteiger partial charge in [-0.1, -0.05) is 26.0 Å². The molecule has 0 saturated carbocycles. The zero-order valence-electron chi connectivity index (χ0n) is 13.0. The Hall–Kier alpha value is -1.35. The van der Waals surface area contributed by atoms with Gasteiger partial charge in [0.05, 0.1) is 0 Å². The minimum atomic E-state index is 0.125. The summed E-state index contributed by atoms with van der Waals surface area (Å²) < 4.78 is 0. The van der Waals surface area contributed by atoms with Crippen molar-refractivity contribution in [2.75, 3.05) is 4.90 Å². The van der Waals surface area contributed by atoms with Gasteiger partial charge in [-0.05, 0) is 49.3 Å². The van der Waals surface area contributed by atoms with Gasteiger partial charge in [0.1, 0.15) is 0 Å². The summed E-state index contributed by atoms with van der Waals surface area (Å²) in [5.41, 5.74) is 9.83. The molecule has 1 aliphatic rings. The van der Waals surface area contributed by atoms with Crippen molar-refractivity contribution in [2.24, 2.45) is 11.7 Å². The number of fused-ring (bicyclic) bond motifs is 1. The molecule has 2 N–H and O–H groups in total. The summed E-state index contributed by atoms with van der Waals surface area (Å²) in [6.45, 7) is 8.15. The fourth-order valence-electron chi connectivity index (χ4n) is 3.28. The molecule has 0 aliphatic carbocycles. The second-order valence-electron chi connectivity index (χ2n) is 6.50. The Balaban J connectivity index is 2.14. The zero-order chi connectivity index (χ0) is 14.9. The molecular weight excluding hydrogens is 248 g/mol. The Morgan fingerprint density at radius 1 is 1.45 bits per heavy atom. The number of carbonyl (C=O) groups excluding carboxylic acids is 1. The van der Waals surface area contributed by atoms with Crippen LogP contribution in [0.5, 0.6) is 0 Å². The van der Waals surface area contributed by atoms with E-state index >= 15 is 0 Å². The summed E-state index contributed by atoms with van der Waals surface area (Å²) in [6.07, 6.45) is 2.91. The first-order chi connectivity index (χ1) is 9.38. The third-order valence-electron chi connectivity index (χ3n) is 3.97. The van der Waals surface area contributed by atoms with Crippen molar-refractivity contribution < 1.29 is 4.79 Å². The van der Waals surface area contributed by atoms with E-state index in [-0.39, 0.29) is 18.0 Å². The van der Waals surface area contributed by atoms with Gasteiger partial charge in [-0.2, -0.15) is 0 Å². The molecule has 0 radical (unpaired) electrons. The molecule has 110 valence electrons. The van der Waals surface area contributed by atoms with Crippen LogP contribution in [0, 0.1) is 5.92 Å². The molecule has 1 aliphatic heterocycles. The fraction of sp³-hybridized carbons (Fsp3) is 0.588. The highest BCUT2D eigenvalue weighted by molar-refractivity contribution is 5.94. The van der Waals surface area contributed by atoms with Crippen LogP contribution < -0.4 is 10.6 Å². The highest BCUT2D eigenvalue weighted by atomic mass is 16.2. The summed E-state index contributed by atoms with van der Waals surface area (Å²) in [5.74, 6) is 0.758. The number of nitrogens with two attached hydrogens (primary N) is 1. The van der Waals surface area contributed by atoms with Crippen molar-refractivity contribution >= 4 is 11.6 Å². The minimum absolute atomic E-state index is 0.125. The second-order valence-corrected chi connectivity index (χ2v) is 6.50. The van der Waals surface area contributed by atoms with Crippen molar-refractivity contribution in [1.29, 1.82) is 0 Å². The first-order valence-corrected chi connectivity index (χ1v) is 7.55. The Morgan fingerprint density at radius 2 is 2.15 bits per heavy atom. The van der Waals surface area contributed by atoms with Crippen molar-refractivity contribution in [1.82, 2.24) is 0 Å². The van der Waals surface area contributed by atoms with Gasteiger partial charge in [0.2, 0.25) is 5.91 Å². The highest BCUT2D eigenvalue weighted by Crippen LogP contribution is 2.33. The van der Waals surface area contributed by atoms with Crippen molar-refractivity contribution in [2.45, 2.75) is 59.0 Å². The van der Waals surface area contributed by atoms with Gasteiger partial charge < -0.3 is 10.6 Å². The van der Waals surface area contributed by atoms with Gasteiger partial charge >= 0.3 is 0 Å². The van der Waals surface area contributed by atoms with E-state index in [0.717, 1.165) is 24.9 Å². The maximum absolute atomic E-state index is 11.7. The largest absolute Gasteiger partial charge is 0.327 e. The Kier molecular flexibility index (Phi) is 4.48. The number of benzene rings is 1. The predicted octanol–water partition coefficient (Wildman–Crippen LogP) is 2.90. The lowest BCUT2D eigenvalue weighted by Crippen LogP contribution is -2.33. The van der Waals surface area contributed by atoms with Crippen molar-refractivity contribution in [3.05, 3.63) is 29.3 Å². The lowest BCUT2D eigenvalue weighted by Gasteiger charge is -2.20. The van der Waals surface area contributed by atoms with Gasteiger partial charge in [-0.25, -0.2) is 0 Å². The zero-order valence-corrected chi connectivity index (χ0v) is 13.0. The minimum Gasteiger partial charge on any atom is -0.327 e. The molecule has 0 bridgehead atoms. The maximum Gasteiger partial charge on any atom is 0.224 e. The van der Waals surface area contributed by atoms with E-state index in [0.29, 0.717) is 5.92 Å². The van der Waals surface area contributed by atoms with Crippen LogP contribution in [0.25, 0.3) is 0 Å². The molecular formula is C17H26N2O. The molecule has 1 aromatic rings. The van der Waals surface area contributed by atoms with E-state index in [2.05, 4.69) is 39.0 Å². The fourth-order valence-corrected chi connectivity index (χ4v) is 3.28. The monoisotopic (exact) mass is 274 g/mol. The van der Waals surface area contributed by atoms with Crippen LogP contribution in [-0.2, 0) is 17.6 Å². The molecule has 1 heterocycles. The molecule has 0 fully saturated rings. The number of hydrogen-bond acceptors (Lipinski definition) is 2. The average molecular weight is 274 g/mol. The Bertz CT molecular complexity index is 496.